The molecule has 0 bridgehead atoms. The van der Waals surface area contributed by atoms with Crippen molar-refractivity contribution >= 4 is 44.8 Å². The zero-order chi connectivity index (χ0) is 25.6. The highest BCUT2D eigenvalue weighted by Gasteiger charge is 2.52. The first kappa shape index (κ1) is 27.6. The van der Waals surface area contributed by atoms with E-state index in [2.05, 4.69) is 4.74 Å². The molecule has 0 saturated heterocycles. The Morgan fingerprint density at radius 3 is 2.74 bits per heavy atom. The summed E-state index contributed by atoms with van der Waals surface area (Å²) in [6, 6.07) is 7.99. The number of Topliss-reactive ketones (excluding diaryl/α,β-unsaturated/α-hetero) is 1. The van der Waals surface area contributed by atoms with Crippen molar-refractivity contribution in [3.63, 3.8) is 0 Å². The van der Waals surface area contributed by atoms with E-state index in [1.54, 1.807) is 31.3 Å². The monoisotopic (exact) mass is 518 g/mol. The summed E-state index contributed by atoms with van der Waals surface area (Å²) < 4.78 is 5.77. The molecule has 0 amide bonds. The highest BCUT2D eigenvalue weighted by atomic mass is 35.5. The number of thiophene rings is 1. The van der Waals surface area contributed by atoms with Gasteiger partial charge in [-0.05, 0) is 38.2 Å². The van der Waals surface area contributed by atoms with Gasteiger partial charge in [0.15, 0.2) is 0 Å². The second kappa shape index (κ2) is 12.3. The molecular formula is C28H35ClO5S. The molecular weight excluding hydrogens is 484 g/mol. The zero-order valence-electron chi connectivity index (χ0n) is 20.6. The Balaban J connectivity index is 1.59. The number of unbranched alkanes of at least 4 members (excludes halogenated alkanes) is 1. The van der Waals surface area contributed by atoms with Gasteiger partial charge in [0.2, 0.25) is 0 Å². The number of hydrogen-bond acceptors (Lipinski definition) is 6. The van der Waals surface area contributed by atoms with Gasteiger partial charge in [-0.1, -0.05) is 68.0 Å². The number of carbonyl (C=O) groups excluding carboxylic acids is 2. The molecule has 2 N–H and O–H groups in total. The second-order valence-corrected chi connectivity index (χ2v) is 11.2. The molecule has 7 heteroatoms. The highest BCUT2D eigenvalue weighted by molar-refractivity contribution is 7.19. The molecule has 35 heavy (non-hydrogen) atoms. The van der Waals surface area contributed by atoms with Crippen LogP contribution in [-0.4, -0.2) is 41.3 Å². The van der Waals surface area contributed by atoms with Crippen LogP contribution in [0.15, 0.2) is 48.6 Å². The standard InChI is InChI=1S/C28H35ClO5S/c1-28(2)26(32)19(10-6-4-5-7-13-24(31)34-3)20(27(28)33)16-14-18(30)15-17-23-25(29)21-11-8-9-12-22(21)35-23/h4,6,8-9,11-12,14,16,18-20,27,30,33H,5,7,10,13,15,17H2,1-3H3/t18?,19-,20-,27+/m1/s1. The van der Waals surface area contributed by atoms with Crippen LogP contribution in [0.3, 0.4) is 0 Å². The molecule has 3 rings (SSSR count). The Morgan fingerprint density at radius 1 is 1.29 bits per heavy atom. The molecule has 1 fully saturated rings. The van der Waals surface area contributed by atoms with E-state index in [1.165, 1.54) is 7.11 Å². The number of rotatable bonds is 11. The summed E-state index contributed by atoms with van der Waals surface area (Å²) in [6.07, 6.45) is 9.38. The summed E-state index contributed by atoms with van der Waals surface area (Å²) in [6.45, 7) is 3.56. The lowest BCUT2D eigenvalue weighted by atomic mass is 9.86. The van der Waals surface area contributed by atoms with Gasteiger partial charge in [0.25, 0.3) is 0 Å². The van der Waals surface area contributed by atoms with Crippen LogP contribution in [0.1, 0.15) is 50.8 Å². The average molecular weight is 519 g/mol. The predicted molar refractivity (Wildman–Crippen MR) is 142 cm³/mol. The Morgan fingerprint density at radius 2 is 2.03 bits per heavy atom. The Kier molecular flexibility index (Phi) is 9.70. The van der Waals surface area contributed by atoms with E-state index in [0.717, 1.165) is 26.4 Å². The van der Waals surface area contributed by atoms with Gasteiger partial charge in [-0.25, -0.2) is 0 Å². The smallest absolute Gasteiger partial charge is 0.305 e. The molecule has 1 heterocycles. The molecule has 1 aromatic carbocycles. The zero-order valence-corrected chi connectivity index (χ0v) is 22.1. The average Bonchev–Trinajstić information content (AvgIpc) is 3.25. The lowest BCUT2D eigenvalue weighted by Crippen LogP contribution is -2.31. The van der Waals surface area contributed by atoms with E-state index in [1.807, 2.05) is 42.5 Å². The maximum absolute atomic E-state index is 13.0. The summed E-state index contributed by atoms with van der Waals surface area (Å²) in [7, 11) is 1.38. The molecule has 0 aliphatic heterocycles. The van der Waals surface area contributed by atoms with Crippen LogP contribution in [0, 0.1) is 17.3 Å². The minimum atomic E-state index is -0.839. The van der Waals surface area contributed by atoms with Gasteiger partial charge in [-0.2, -0.15) is 0 Å². The van der Waals surface area contributed by atoms with Crippen molar-refractivity contribution in [2.24, 2.45) is 17.3 Å². The number of aliphatic hydroxyl groups is 2. The molecule has 4 atom stereocenters. The fraction of sp³-hybridized carbons (Fsp3) is 0.500. The van der Waals surface area contributed by atoms with Crippen LogP contribution < -0.4 is 0 Å². The number of aliphatic hydroxyl groups excluding tert-OH is 2. The summed E-state index contributed by atoms with van der Waals surface area (Å²) in [5.41, 5.74) is -0.839. The van der Waals surface area contributed by atoms with Crippen LogP contribution in [0.5, 0.6) is 0 Å². The summed E-state index contributed by atoms with van der Waals surface area (Å²) in [5.74, 6) is -0.907. The lowest BCUT2D eigenvalue weighted by molar-refractivity contribution is -0.140. The quantitative estimate of drug-likeness (QED) is 0.220. The van der Waals surface area contributed by atoms with Crippen LogP contribution in [0.2, 0.25) is 5.02 Å². The van der Waals surface area contributed by atoms with Crippen molar-refractivity contribution in [3.05, 3.63) is 58.5 Å². The summed E-state index contributed by atoms with van der Waals surface area (Å²) in [4.78, 5) is 25.3. The molecule has 0 radical (unpaired) electrons. The number of aryl methyl sites for hydroxylation is 1. The fourth-order valence-corrected chi connectivity index (χ4v) is 6.23. The van der Waals surface area contributed by atoms with E-state index in [0.29, 0.717) is 32.1 Å². The normalized spacial score (nSPS) is 23.0. The minimum absolute atomic E-state index is 0.0328. The summed E-state index contributed by atoms with van der Waals surface area (Å²) >= 11 is 8.16. The molecule has 0 spiro atoms. The van der Waals surface area contributed by atoms with Crippen molar-refractivity contribution < 1.29 is 24.5 Å². The largest absolute Gasteiger partial charge is 0.469 e. The first-order valence-electron chi connectivity index (χ1n) is 12.1. The number of carbonyl (C=O) groups is 2. The molecule has 190 valence electrons. The number of benzene rings is 1. The van der Waals surface area contributed by atoms with Gasteiger partial charge in [-0.3, -0.25) is 9.59 Å². The van der Waals surface area contributed by atoms with E-state index in [-0.39, 0.29) is 23.6 Å². The number of fused-ring (bicyclic) bond motifs is 1. The highest BCUT2D eigenvalue weighted by Crippen LogP contribution is 2.45. The topological polar surface area (TPSA) is 83.8 Å². The van der Waals surface area contributed by atoms with Gasteiger partial charge in [0.05, 0.1) is 29.8 Å². The molecule has 1 unspecified atom stereocenters. The fourth-order valence-electron chi connectivity index (χ4n) is 4.69. The minimum Gasteiger partial charge on any atom is -0.469 e. The van der Waals surface area contributed by atoms with Crippen molar-refractivity contribution in [2.45, 2.75) is 64.6 Å². The number of ether oxygens (including phenoxy) is 1. The maximum Gasteiger partial charge on any atom is 0.305 e. The molecule has 2 aromatic rings. The number of esters is 1. The molecule has 5 nitrogen and oxygen atoms in total. The number of methoxy groups -OCH3 is 1. The lowest BCUT2D eigenvalue weighted by Gasteiger charge is -2.22. The van der Waals surface area contributed by atoms with Crippen LogP contribution in [-0.2, 0) is 20.7 Å². The van der Waals surface area contributed by atoms with Gasteiger partial charge in [0.1, 0.15) is 5.78 Å². The maximum atomic E-state index is 13.0. The molecule has 1 aliphatic rings. The molecule has 1 aromatic heterocycles. The van der Waals surface area contributed by atoms with Crippen molar-refractivity contribution in [2.75, 3.05) is 7.11 Å². The van der Waals surface area contributed by atoms with Crippen molar-refractivity contribution in [1.82, 2.24) is 0 Å². The first-order chi connectivity index (χ1) is 16.7. The second-order valence-electron chi connectivity index (χ2n) is 9.72. The van der Waals surface area contributed by atoms with E-state index >= 15 is 0 Å². The molecule has 1 saturated carbocycles. The van der Waals surface area contributed by atoms with Crippen molar-refractivity contribution in [1.29, 1.82) is 0 Å². The number of hydrogen-bond donors (Lipinski definition) is 2. The predicted octanol–water partition coefficient (Wildman–Crippen LogP) is 5.90. The van der Waals surface area contributed by atoms with Crippen LogP contribution in [0.25, 0.3) is 10.1 Å². The van der Waals surface area contributed by atoms with Crippen LogP contribution in [0.4, 0.5) is 0 Å². The van der Waals surface area contributed by atoms with E-state index in [9.17, 15) is 19.8 Å². The van der Waals surface area contributed by atoms with Gasteiger partial charge >= 0.3 is 5.97 Å². The summed E-state index contributed by atoms with van der Waals surface area (Å²) in [5, 5.41) is 23.3. The van der Waals surface area contributed by atoms with Crippen molar-refractivity contribution in [3.8, 4) is 0 Å². The third-order valence-corrected chi connectivity index (χ3v) is 8.67. The number of allylic oxidation sites excluding steroid dienone is 2. The third kappa shape index (κ3) is 6.62. The first-order valence-corrected chi connectivity index (χ1v) is 13.3. The van der Waals surface area contributed by atoms with Crippen LogP contribution >= 0.6 is 22.9 Å². The van der Waals surface area contributed by atoms with Gasteiger partial charge in [-0.15, -0.1) is 11.3 Å². The Hall–Kier alpha value is -1.99. The third-order valence-electron chi connectivity index (χ3n) is 6.90. The van der Waals surface area contributed by atoms with Gasteiger partial charge in [0, 0.05) is 33.2 Å². The van der Waals surface area contributed by atoms with E-state index < -0.39 is 17.6 Å². The Bertz CT molecular complexity index is 1090. The van der Waals surface area contributed by atoms with Gasteiger partial charge < -0.3 is 14.9 Å². The SMILES string of the molecule is COC(=O)CCCC=CC[C@H]1C(=O)C(C)(C)[C@@H](O)[C@@H]1C=CC(O)CCc1sc2ccccc2c1Cl. The number of ketones is 1. The Labute approximate surface area is 216 Å². The number of halogens is 1. The van der Waals surface area contributed by atoms with E-state index in [4.69, 9.17) is 11.6 Å². The molecule has 1 aliphatic carbocycles.